The lowest BCUT2D eigenvalue weighted by molar-refractivity contribution is 0.158. The Labute approximate surface area is 133 Å². The van der Waals surface area contributed by atoms with Gasteiger partial charge in [0, 0.05) is 35.2 Å². The Balaban J connectivity index is 2.34. The lowest BCUT2D eigenvalue weighted by atomic mass is 9.94. The lowest BCUT2D eigenvalue weighted by Gasteiger charge is -2.44. The average Bonchev–Trinajstić information content (AvgIpc) is 2.47. The van der Waals surface area contributed by atoms with Crippen molar-refractivity contribution in [1.82, 2.24) is 4.90 Å². The second-order valence-electron chi connectivity index (χ2n) is 6.34. The van der Waals surface area contributed by atoms with Crippen LogP contribution >= 0.6 is 11.8 Å². The highest BCUT2D eigenvalue weighted by Crippen LogP contribution is 2.38. The average molecular weight is 308 g/mol. The van der Waals surface area contributed by atoms with Crippen molar-refractivity contribution >= 4 is 11.8 Å². The number of hydrogen-bond acceptors (Lipinski definition) is 4. The number of rotatable bonds is 5. The molecule has 0 bridgehead atoms. The molecule has 1 heterocycles. The maximum atomic E-state index is 6.49. The lowest BCUT2D eigenvalue weighted by Crippen LogP contribution is -2.49. The summed E-state index contributed by atoms with van der Waals surface area (Å²) in [6.07, 6.45) is 0.965. The number of para-hydroxylation sites is 1. The van der Waals surface area contributed by atoms with E-state index in [4.69, 9.17) is 10.5 Å². The van der Waals surface area contributed by atoms with E-state index in [2.05, 4.69) is 49.6 Å². The van der Waals surface area contributed by atoms with Crippen LogP contribution < -0.4 is 10.5 Å². The van der Waals surface area contributed by atoms with Gasteiger partial charge >= 0.3 is 0 Å². The van der Waals surface area contributed by atoms with Crippen molar-refractivity contribution < 1.29 is 4.74 Å². The minimum atomic E-state index is 0.125. The Morgan fingerprint density at radius 2 is 2.10 bits per heavy atom. The first-order valence-electron chi connectivity index (χ1n) is 7.75. The van der Waals surface area contributed by atoms with E-state index in [0.717, 1.165) is 31.0 Å². The molecule has 0 aliphatic carbocycles. The van der Waals surface area contributed by atoms with Crippen molar-refractivity contribution in [2.75, 3.05) is 26.0 Å². The number of hydrogen-bond donors (Lipinski definition) is 1. The maximum Gasteiger partial charge on any atom is 0.123 e. The van der Waals surface area contributed by atoms with Gasteiger partial charge in [0.25, 0.3) is 0 Å². The molecule has 0 aromatic heterocycles. The van der Waals surface area contributed by atoms with Gasteiger partial charge in [-0.25, -0.2) is 0 Å². The monoisotopic (exact) mass is 308 g/mol. The Morgan fingerprint density at radius 1 is 1.38 bits per heavy atom. The number of nitrogens with zero attached hydrogens (tertiary/aromatic N) is 1. The number of ether oxygens (including phenoxy) is 1. The molecule has 1 aliphatic rings. The van der Waals surface area contributed by atoms with Crippen molar-refractivity contribution in [2.24, 2.45) is 5.73 Å². The van der Waals surface area contributed by atoms with Crippen LogP contribution in [-0.4, -0.2) is 41.6 Å². The van der Waals surface area contributed by atoms with E-state index in [1.807, 2.05) is 12.1 Å². The SMILES string of the molecule is CCC(N)C(c1ccccc1OC)N1CCSC(C)(C)C1. The molecule has 2 rings (SSSR count). The van der Waals surface area contributed by atoms with Gasteiger partial charge in [0.15, 0.2) is 0 Å². The predicted molar refractivity (Wildman–Crippen MR) is 92.1 cm³/mol. The van der Waals surface area contributed by atoms with Gasteiger partial charge in [-0.05, 0) is 26.3 Å². The van der Waals surface area contributed by atoms with Crippen molar-refractivity contribution in [3.63, 3.8) is 0 Å². The molecule has 2 N–H and O–H groups in total. The van der Waals surface area contributed by atoms with E-state index in [1.54, 1.807) is 7.11 Å². The molecule has 2 atom stereocenters. The molecule has 1 aliphatic heterocycles. The second kappa shape index (κ2) is 7.03. The smallest absolute Gasteiger partial charge is 0.123 e. The van der Waals surface area contributed by atoms with Crippen molar-refractivity contribution in [2.45, 2.75) is 44.0 Å². The summed E-state index contributed by atoms with van der Waals surface area (Å²) in [7, 11) is 1.74. The fourth-order valence-electron chi connectivity index (χ4n) is 3.12. The fraction of sp³-hybridized carbons (Fsp3) is 0.647. The van der Waals surface area contributed by atoms with Crippen molar-refractivity contribution in [3.8, 4) is 5.75 Å². The van der Waals surface area contributed by atoms with Crippen LogP contribution in [0, 0.1) is 0 Å². The van der Waals surface area contributed by atoms with Crippen LogP contribution in [0.3, 0.4) is 0 Å². The Bertz CT molecular complexity index is 464. The third-order valence-corrected chi connectivity index (χ3v) is 5.48. The van der Waals surface area contributed by atoms with Gasteiger partial charge in [0.2, 0.25) is 0 Å². The minimum Gasteiger partial charge on any atom is -0.496 e. The van der Waals surface area contributed by atoms with E-state index in [1.165, 1.54) is 5.56 Å². The highest BCUT2D eigenvalue weighted by Gasteiger charge is 2.35. The molecule has 1 aromatic rings. The summed E-state index contributed by atoms with van der Waals surface area (Å²) in [6, 6.07) is 8.65. The molecule has 3 nitrogen and oxygen atoms in total. The number of nitrogens with two attached hydrogens (primary N) is 1. The summed E-state index contributed by atoms with van der Waals surface area (Å²) >= 11 is 2.05. The third-order valence-electron chi connectivity index (χ3n) is 4.18. The summed E-state index contributed by atoms with van der Waals surface area (Å²) in [5.74, 6) is 2.11. The summed E-state index contributed by atoms with van der Waals surface area (Å²) < 4.78 is 5.86. The Morgan fingerprint density at radius 3 is 2.71 bits per heavy atom. The van der Waals surface area contributed by atoms with E-state index in [9.17, 15) is 0 Å². The molecule has 21 heavy (non-hydrogen) atoms. The summed E-state index contributed by atoms with van der Waals surface area (Å²) in [5, 5.41) is 0. The normalized spacial score (nSPS) is 21.8. The molecule has 1 aromatic carbocycles. The molecule has 1 fully saturated rings. The van der Waals surface area contributed by atoms with Crippen LogP contribution in [0.15, 0.2) is 24.3 Å². The van der Waals surface area contributed by atoms with Crippen LogP contribution in [0.1, 0.15) is 38.8 Å². The zero-order valence-electron chi connectivity index (χ0n) is 13.6. The van der Waals surface area contributed by atoms with Crippen molar-refractivity contribution in [1.29, 1.82) is 0 Å². The van der Waals surface area contributed by atoms with Crippen LogP contribution in [0.4, 0.5) is 0 Å². The standard InChI is InChI=1S/C17H28N2OS/c1-5-14(18)16(13-8-6-7-9-15(13)20-4)19-10-11-21-17(2,3)12-19/h6-9,14,16H,5,10-12,18H2,1-4H3. The first-order chi connectivity index (χ1) is 9.98. The highest BCUT2D eigenvalue weighted by atomic mass is 32.2. The summed E-state index contributed by atoms with van der Waals surface area (Å²) in [4.78, 5) is 2.54. The number of thioether (sulfide) groups is 1. The second-order valence-corrected chi connectivity index (χ2v) is 8.14. The molecule has 1 saturated heterocycles. The van der Waals surface area contributed by atoms with E-state index < -0.39 is 0 Å². The fourth-order valence-corrected chi connectivity index (χ4v) is 4.26. The van der Waals surface area contributed by atoms with E-state index >= 15 is 0 Å². The van der Waals surface area contributed by atoms with Crippen molar-refractivity contribution in [3.05, 3.63) is 29.8 Å². The Hall–Kier alpha value is -0.710. The topological polar surface area (TPSA) is 38.5 Å². The molecule has 2 unspecified atom stereocenters. The molecule has 0 radical (unpaired) electrons. The van der Waals surface area contributed by atoms with Gasteiger partial charge in [-0.15, -0.1) is 0 Å². The van der Waals surface area contributed by atoms with Gasteiger partial charge in [0.1, 0.15) is 5.75 Å². The van der Waals surface area contributed by atoms with E-state index in [0.29, 0.717) is 0 Å². The zero-order chi connectivity index (χ0) is 15.5. The van der Waals surface area contributed by atoms with Gasteiger partial charge in [-0.1, -0.05) is 25.1 Å². The minimum absolute atomic E-state index is 0.125. The van der Waals surface area contributed by atoms with Crippen LogP contribution in [0.2, 0.25) is 0 Å². The molecule has 118 valence electrons. The van der Waals surface area contributed by atoms with E-state index in [-0.39, 0.29) is 16.8 Å². The number of methoxy groups -OCH3 is 1. The first kappa shape index (κ1) is 16.7. The van der Waals surface area contributed by atoms with Gasteiger partial charge in [0.05, 0.1) is 13.2 Å². The summed E-state index contributed by atoms with van der Waals surface area (Å²) in [6.45, 7) is 8.96. The predicted octanol–water partition coefficient (Wildman–Crippen LogP) is 3.30. The quantitative estimate of drug-likeness (QED) is 0.906. The van der Waals surface area contributed by atoms with Gasteiger partial charge in [-0.2, -0.15) is 11.8 Å². The molecule has 0 spiro atoms. The molecular formula is C17H28N2OS. The van der Waals surface area contributed by atoms with Gasteiger partial charge in [-0.3, -0.25) is 4.90 Å². The first-order valence-corrected chi connectivity index (χ1v) is 8.73. The molecule has 4 heteroatoms. The zero-order valence-corrected chi connectivity index (χ0v) is 14.5. The molecule has 0 amide bonds. The highest BCUT2D eigenvalue weighted by molar-refractivity contribution is 8.00. The Kier molecular flexibility index (Phi) is 5.58. The van der Waals surface area contributed by atoms with Crippen LogP contribution in [-0.2, 0) is 0 Å². The third kappa shape index (κ3) is 3.93. The van der Waals surface area contributed by atoms with Gasteiger partial charge < -0.3 is 10.5 Å². The maximum absolute atomic E-state index is 6.49. The van der Waals surface area contributed by atoms with Crippen LogP contribution in [0.25, 0.3) is 0 Å². The molecular weight excluding hydrogens is 280 g/mol. The van der Waals surface area contributed by atoms with Crippen LogP contribution in [0.5, 0.6) is 5.75 Å². The summed E-state index contributed by atoms with van der Waals surface area (Å²) in [5.41, 5.74) is 7.71. The molecule has 0 saturated carbocycles. The number of benzene rings is 1. The largest absolute Gasteiger partial charge is 0.496 e.